The minimum Gasteiger partial charge on any atom is -0.309 e. The molecule has 1 aromatic carbocycles. The Morgan fingerprint density at radius 2 is 1.82 bits per heavy atom. The molecule has 0 radical (unpaired) electrons. The lowest BCUT2D eigenvalue weighted by Crippen LogP contribution is -2.35. The Morgan fingerprint density at radius 1 is 1.18 bits per heavy atom. The smallest absolute Gasteiger partial charge is 0.0143 e. The van der Waals surface area contributed by atoms with Crippen LogP contribution in [0.5, 0.6) is 0 Å². The summed E-state index contributed by atoms with van der Waals surface area (Å²) in [5, 5.41) is 3.44. The Balaban J connectivity index is 1.83. The van der Waals surface area contributed by atoms with Crippen molar-refractivity contribution >= 4 is 6.08 Å². The predicted octanol–water partition coefficient (Wildman–Crippen LogP) is 3.97. The molecular weight excluding hydrogens is 206 g/mol. The van der Waals surface area contributed by atoms with Gasteiger partial charge in [-0.15, -0.1) is 0 Å². The molecule has 0 aliphatic heterocycles. The molecule has 1 saturated carbocycles. The summed E-state index contributed by atoms with van der Waals surface area (Å²) in [6, 6.07) is 8.99. The van der Waals surface area contributed by atoms with Crippen LogP contribution in [0.3, 0.4) is 0 Å². The average Bonchev–Trinajstić information content (AvgIpc) is 3.08. The molecule has 0 atom stereocenters. The molecule has 0 bridgehead atoms. The van der Waals surface area contributed by atoms with Crippen LogP contribution in [0.2, 0.25) is 0 Å². The Morgan fingerprint density at radius 3 is 2.35 bits per heavy atom. The second kappa shape index (κ2) is 5.05. The molecule has 0 saturated heterocycles. The van der Waals surface area contributed by atoms with E-state index in [0.717, 1.165) is 12.5 Å². The van der Waals surface area contributed by atoms with Crippen molar-refractivity contribution in [2.75, 3.05) is 6.54 Å². The highest BCUT2D eigenvalue weighted by Crippen LogP contribution is 2.39. The normalized spacial score (nSPS) is 16.6. The van der Waals surface area contributed by atoms with Crippen LogP contribution in [0.4, 0.5) is 0 Å². The molecule has 0 heterocycles. The summed E-state index contributed by atoms with van der Waals surface area (Å²) >= 11 is 0. The maximum Gasteiger partial charge on any atom is 0.0143 e. The zero-order chi connectivity index (χ0) is 12.3. The van der Waals surface area contributed by atoms with E-state index in [9.17, 15) is 0 Å². The van der Waals surface area contributed by atoms with E-state index in [1.165, 1.54) is 24.0 Å². The van der Waals surface area contributed by atoms with Gasteiger partial charge in [0.15, 0.2) is 0 Å². The SMILES string of the molecule is CC(C)(C)NCC=Cc1ccc(C2CC2)cc1. The van der Waals surface area contributed by atoms with Crippen molar-refractivity contribution < 1.29 is 0 Å². The first kappa shape index (κ1) is 12.4. The van der Waals surface area contributed by atoms with Gasteiger partial charge >= 0.3 is 0 Å². The molecule has 0 spiro atoms. The summed E-state index contributed by atoms with van der Waals surface area (Å²) in [7, 11) is 0. The van der Waals surface area contributed by atoms with Crippen molar-refractivity contribution in [1.82, 2.24) is 5.32 Å². The molecule has 0 aromatic heterocycles. The molecule has 0 unspecified atom stereocenters. The lowest BCUT2D eigenvalue weighted by atomic mass is 10.1. The Kier molecular flexibility index (Phi) is 3.68. The molecule has 1 heteroatoms. The van der Waals surface area contributed by atoms with Crippen molar-refractivity contribution in [3.8, 4) is 0 Å². The van der Waals surface area contributed by atoms with Crippen molar-refractivity contribution in [1.29, 1.82) is 0 Å². The van der Waals surface area contributed by atoms with Crippen LogP contribution in [0, 0.1) is 0 Å². The predicted molar refractivity (Wildman–Crippen MR) is 75.2 cm³/mol. The van der Waals surface area contributed by atoms with Gasteiger partial charge in [-0.25, -0.2) is 0 Å². The molecule has 17 heavy (non-hydrogen) atoms. The first-order valence-corrected chi connectivity index (χ1v) is 6.56. The van der Waals surface area contributed by atoms with Crippen LogP contribution in [-0.2, 0) is 0 Å². The van der Waals surface area contributed by atoms with Crippen molar-refractivity contribution in [2.24, 2.45) is 0 Å². The summed E-state index contributed by atoms with van der Waals surface area (Å²) in [4.78, 5) is 0. The van der Waals surface area contributed by atoms with Gasteiger partial charge in [-0.3, -0.25) is 0 Å². The summed E-state index contributed by atoms with van der Waals surface area (Å²) in [5.41, 5.74) is 3.00. The number of benzene rings is 1. The summed E-state index contributed by atoms with van der Waals surface area (Å²) in [6.07, 6.45) is 7.14. The molecule has 1 aromatic rings. The maximum atomic E-state index is 3.44. The number of rotatable bonds is 4. The fourth-order valence-electron chi connectivity index (χ4n) is 1.86. The van der Waals surface area contributed by atoms with Crippen LogP contribution in [0.25, 0.3) is 6.08 Å². The van der Waals surface area contributed by atoms with Gasteiger partial charge in [-0.1, -0.05) is 36.4 Å². The van der Waals surface area contributed by atoms with Gasteiger partial charge in [0.1, 0.15) is 0 Å². The van der Waals surface area contributed by atoms with Crippen LogP contribution in [0.15, 0.2) is 30.3 Å². The fourth-order valence-corrected chi connectivity index (χ4v) is 1.86. The van der Waals surface area contributed by atoms with Gasteiger partial charge in [-0.2, -0.15) is 0 Å². The van der Waals surface area contributed by atoms with E-state index in [0.29, 0.717) is 0 Å². The quantitative estimate of drug-likeness (QED) is 0.824. The third-order valence-electron chi connectivity index (χ3n) is 3.05. The highest BCUT2D eigenvalue weighted by molar-refractivity contribution is 5.50. The van der Waals surface area contributed by atoms with Crippen LogP contribution in [-0.4, -0.2) is 12.1 Å². The average molecular weight is 229 g/mol. The van der Waals surface area contributed by atoms with Gasteiger partial charge in [0.25, 0.3) is 0 Å². The minimum atomic E-state index is 0.195. The molecular formula is C16H23N. The molecule has 1 nitrogen and oxygen atoms in total. The van der Waals surface area contributed by atoms with Gasteiger partial charge in [0.05, 0.1) is 0 Å². The molecule has 1 fully saturated rings. The monoisotopic (exact) mass is 229 g/mol. The fraction of sp³-hybridized carbons (Fsp3) is 0.500. The van der Waals surface area contributed by atoms with E-state index in [1.807, 2.05) is 0 Å². The first-order valence-electron chi connectivity index (χ1n) is 6.56. The number of hydrogen-bond donors (Lipinski definition) is 1. The maximum absolute atomic E-state index is 3.44. The molecule has 0 amide bonds. The molecule has 92 valence electrons. The lowest BCUT2D eigenvalue weighted by molar-refractivity contribution is 0.450. The Bertz CT molecular complexity index is 377. The topological polar surface area (TPSA) is 12.0 Å². The number of hydrogen-bond acceptors (Lipinski definition) is 1. The summed E-state index contributed by atoms with van der Waals surface area (Å²) in [5.74, 6) is 0.857. The van der Waals surface area contributed by atoms with Crippen molar-refractivity contribution in [3.63, 3.8) is 0 Å². The highest BCUT2D eigenvalue weighted by atomic mass is 14.9. The van der Waals surface area contributed by atoms with Gasteiger partial charge in [-0.05, 0) is 50.7 Å². The van der Waals surface area contributed by atoms with E-state index in [2.05, 4.69) is 62.5 Å². The van der Waals surface area contributed by atoms with Gasteiger partial charge in [0, 0.05) is 12.1 Å². The van der Waals surface area contributed by atoms with E-state index in [1.54, 1.807) is 0 Å². The van der Waals surface area contributed by atoms with E-state index < -0.39 is 0 Å². The van der Waals surface area contributed by atoms with Crippen LogP contribution < -0.4 is 5.32 Å². The van der Waals surface area contributed by atoms with Crippen molar-refractivity contribution in [2.45, 2.75) is 45.1 Å². The zero-order valence-electron chi connectivity index (χ0n) is 11.2. The van der Waals surface area contributed by atoms with Gasteiger partial charge < -0.3 is 5.32 Å². The lowest BCUT2D eigenvalue weighted by Gasteiger charge is -2.18. The Labute approximate surface area is 105 Å². The minimum absolute atomic E-state index is 0.195. The third-order valence-corrected chi connectivity index (χ3v) is 3.05. The highest BCUT2D eigenvalue weighted by Gasteiger charge is 2.22. The molecule has 1 aliphatic carbocycles. The largest absolute Gasteiger partial charge is 0.309 e. The second-order valence-corrected chi connectivity index (χ2v) is 5.97. The Hall–Kier alpha value is -1.08. The molecule has 1 aliphatic rings. The van der Waals surface area contributed by atoms with Crippen molar-refractivity contribution in [3.05, 3.63) is 41.5 Å². The standard InChI is InChI=1S/C16H23N/c1-16(2,3)17-12-4-5-13-6-8-14(9-7-13)15-10-11-15/h4-9,15,17H,10-12H2,1-3H3. The first-order chi connectivity index (χ1) is 8.04. The van der Waals surface area contributed by atoms with Crippen LogP contribution in [0.1, 0.15) is 50.7 Å². The van der Waals surface area contributed by atoms with Crippen LogP contribution >= 0.6 is 0 Å². The van der Waals surface area contributed by atoms with Gasteiger partial charge in [0.2, 0.25) is 0 Å². The summed E-state index contributed by atoms with van der Waals surface area (Å²) in [6.45, 7) is 7.48. The van der Waals surface area contributed by atoms with E-state index >= 15 is 0 Å². The molecule has 1 N–H and O–H groups in total. The summed E-state index contributed by atoms with van der Waals surface area (Å²) < 4.78 is 0. The number of nitrogens with one attached hydrogen (secondary N) is 1. The molecule has 2 rings (SSSR count). The third kappa shape index (κ3) is 4.35. The zero-order valence-corrected chi connectivity index (χ0v) is 11.2. The van der Waals surface area contributed by atoms with E-state index in [-0.39, 0.29) is 5.54 Å². The van der Waals surface area contributed by atoms with E-state index in [4.69, 9.17) is 0 Å². The second-order valence-electron chi connectivity index (χ2n) is 5.97.